The fourth-order valence-electron chi connectivity index (χ4n) is 5.74. The number of aliphatic carboxylic acids is 5. The van der Waals surface area contributed by atoms with Crippen LogP contribution < -0.4 is 5.32 Å². The molecule has 0 aromatic heterocycles. The minimum atomic E-state index is -1.25. The van der Waals surface area contributed by atoms with E-state index in [0.29, 0.717) is 25.7 Å². The third-order valence-corrected chi connectivity index (χ3v) is 7.23. The summed E-state index contributed by atoms with van der Waals surface area (Å²) in [6.07, 6.45) is 2.51. The van der Waals surface area contributed by atoms with Crippen LogP contribution in [0.3, 0.4) is 0 Å². The Kier molecular flexibility index (Phi) is 13.3. The molecule has 2 unspecified atom stereocenters. The quantitative estimate of drug-likeness (QED) is 0.139. The van der Waals surface area contributed by atoms with Gasteiger partial charge in [0.05, 0.1) is 32.7 Å². The average Bonchev–Trinajstić information content (AvgIpc) is 2.86. The Labute approximate surface area is 250 Å². The van der Waals surface area contributed by atoms with Crippen LogP contribution in [0.4, 0.5) is 5.69 Å². The number of hydrogen-bond acceptors (Lipinski definition) is 9. The van der Waals surface area contributed by atoms with Crippen LogP contribution in [0, 0.1) is 0 Å². The molecular weight excluding hydrogens is 564 g/mol. The lowest BCUT2D eigenvalue weighted by Crippen LogP contribution is -2.59. The highest BCUT2D eigenvalue weighted by Gasteiger charge is 2.38. The zero-order chi connectivity index (χ0) is 32.3. The summed E-state index contributed by atoms with van der Waals surface area (Å²) in [4.78, 5) is 63.0. The third-order valence-electron chi connectivity index (χ3n) is 7.23. The van der Waals surface area contributed by atoms with E-state index in [1.54, 1.807) is 4.90 Å². The highest BCUT2D eigenvalue weighted by Crippen LogP contribution is 2.29. The Bertz CT molecular complexity index is 1090. The van der Waals surface area contributed by atoms with Crippen LogP contribution >= 0.6 is 0 Å². The van der Waals surface area contributed by atoms with Crippen molar-refractivity contribution in [2.45, 2.75) is 76.5 Å². The molecule has 43 heavy (non-hydrogen) atoms. The van der Waals surface area contributed by atoms with Gasteiger partial charge >= 0.3 is 29.8 Å². The lowest BCUT2D eigenvalue weighted by atomic mass is 9.87. The summed E-state index contributed by atoms with van der Waals surface area (Å²) in [7, 11) is 0. The third kappa shape index (κ3) is 13.0. The first-order valence-electron chi connectivity index (χ1n) is 14.2. The van der Waals surface area contributed by atoms with E-state index in [1.165, 1.54) is 9.80 Å². The van der Waals surface area contributed by atoms with Crippen molar-refractivity contribution in [3.8, 4) is 0 Å². The molecule has 1 aliphatic rings. The maximum atomic E-state index is 12.0. The van der Waals surface area contributed by atoms with Crippen LogP contribution in [-0.4, -0.2) is 133 Å². The molecule has 1 saturated carbocycles. The summed E-state index contributed by atoms with van der Waals surface area (Å²) in [5.74, 6) is -6.10. The fraction of sp³-hybridized carbons (Fsp3) is 0.621. The van der Waals surface area contributed by atoms with E-state index in [0.717, 1.165) is 11.3 Å². The monoisotopic (exact) mass is 608 g/mol. The molecule has 0 heterocycles. The molecule has 14 heteroatoms. The lowest BCUT2D eigenvalue weighted by molar-refractivity contribution is -0.146. The van der Waals surface area contributed by atoms with Gasteiger partial charge < -0.3 is 30.8 Å². The average molecular weight is 609 g/mol. The zero-order valence-electron chi connectivity index (χ0n) is 24.9. The van der Waals surface area contributed by atoms with Gasteiger partial charge in [-0.05, 0) is 57.7 Å². The maximum Gasteiger partial charge on any atom is 0.317 e. The van der Waals surface area contributed by atoms with E-state index < -0.39 is 80.7 Å². The SMILES string of the molecule is CC(C)(C)Nc1ccc(C[C@@H](CN(CC(=O)O)C2CCCCC2N(CC(=O)O)CC(=O)O)N(CC(=O)O)CC(=O)O)cc1. The van der Waals surface area contributed by atoms with Gasteiger partial charge in [0.15, 0.2) is 0 Å². The van der Waals surface area contributed by atoms with Gasteiger partial charge in [-0.1, -0.05) is 25.0 Å². The summed E-state index contributed by atoms with van der Waals surface area (Å²) in [5.41, 5.74) is 1.45. The van der Waals surface area contributed by atoms with Gasteiger partial charge in [0.2, 0.25) is 0 Å². The van der Waals surface area contributed by atoms with E-state index in [2.05, 4.69) is 5.32 Å². The van der Waals surface area contributed by atoms with E-state index in [1.807, 2.05) is 45.0 Å². The molecule has 14 nitrogen and oxygen atoms in total. The predicted molar refractivity (Wildman–Crippen MR) is 156 cm³/mol. The van der Waals surface area contributed by atoms with Crippen LogP contribution in [0.25, 0.3) is 0 Å². The van der Waals surface area contributed by atoms with Crippen molar-refractivity contribution in [2.75, 3.05) is 44.6 Å². The number of carbonyl (C=O) groups is 5. The first kappa shape index (κ1) is 35.4. The summed E-state index contributed by atoms with van der Waals surface area (Å²) < 4.78 is 0. The summed E-state index contributed by atoms with van der Waals surface area (Å²) in [6, 6.07) is 5.51. The normalized spacial score (nSPS) is 18.0. The van der Waals surface area contributed by atoms with E-state index in [4.69, 9.17) is 0 Å². The molecule has 3 atom stereocenters. The summed E-state index contributed by atoms with van der Waals surface area (Å²) >= 11 is 0. The van der Waals surface area contributed by atoms with Crippen LogP contribution in [-0.2, 0) is 30.4 Å². The molecule has 0 saturated heterocycles. The van der Waals surface area contributed by atoms with Gasteiger partial charge in [0.25, 0.3) is 0 Å². The van der Waals surface area contributed by atoms with Crippen LogP contribution in [0.5, 0.6) is 0 Å². The largest absolute Gasteiger partial charge is 0.480 e. The van der Waals surface area contributed by atoms with E-state index >= 15 is 0 Å². The van der Waals surface area contributed by atoms with Gasteiger partial charge in [-0.2, -0.15) is 0 Å². The Balaban J connectivity index is 2.50. The molecule has 1 aromatic rings. The second-order valence-electron chi connectivity index (χ2n) is 12.1. The standard InChI is InChI=1S/C29H44N4O10/c1-29(2,3)30-20-10-8-19(9-11-20)12-21(31(14-24(34)35)15-25(36)37)13-32(16-26(38)39)22-6-4-5-7-23(22)33(17-27(40)41)18-28(42)43/h8-11,21-23,30H,4-7,12-18H2,1-3H3,(H,34,35)(H,36,37)(H,38,39)(H,40,41)(H,42,43)/t21-,22?,23?/m0/s1. The highest BCUT2D eigenvalue weighted by atomic mass is 16.4. The van der Waals surface area contributed by atoms with Crippen LogP contribution in [0.2, 0.25) is 0 Å². The molecule has 2 rings (SSSR count). The number of carboxylic acids is 5. The molecule has 1 aromatic carbocycles. The molecule has 1 fully saturated rings. The van der Waals surface area contributed by atoms with Gasteiger partial charge in [-0.3, -0.25) is 38.7 Å². The minimum Gasteiger partial charge on any atom is -0.480 e. The Morgan fingerprint density at radius 2 is 1.14 bits per heavy atom. The summed E-state index contributed by atoms with van der Waals surface area (Å²) in [5, 5.41) is 51.3. The zero-order valence-corrected chi connectivity index (χ0v) is 24.9. The van der Waals surface area contributed by atoms with Gasteiger partial charge in [-0.15, -0.1) is 0 Å². The van der Waals surface area contributed by atoms with Crippen molar-refractivity contribution in [3.63, 3.8) is 0 Å². The van der Waals surface area contributed by atoms with Crippen molar-refractivity contribution in [3.05, 3.63) is 29.8 Å². The van der Waals surface area contributed by atoms with Crippen LogP contribution in [0.15, 0.2) is 24.3 Å². The van der Waals surface area contributed by atoms with Crippen molar-refractivity contribution in [1.29, 1.82) is 0 Å². The molecule has 6 N–H and O–H groups in total. The Morgan fingerprint density at radius 1 is 0.721 bits per heavy atom. The van der Waals surface area contributed by atoms with Gasteiger partial charge in [0.1, 0.15) is 0 Å². The van der Waals surface area contributed by atoms with Gasteiger partial charge in [-0.25, -0.2) is 0 Å². The molecule has 0 amide bonds. The number of benzene rings is 1. The maximum absolute atomic E-state index is 12.0. The molecule has 1 aliphatic carbocycles. The highest BCUT2D eigenvalue weighted by molar-refractivity contribution is 5.73. The molecule has 0 aliphatic heterocycles. The fourth-order valence-corrected chi connectivity index (χ4v) is 5.74. The number of hydrogen-bond donors (Lipinski definition) is 6. The van der Waals surface area contributed by atoms with Gasteiger partial charge in [0, 0.05) is 35.9 Å². The second-order valence-corrected chi connectivity index (χ2v) is 12.1. The second kappa shape index (κ2) is 16.2. The number of anilines is 1. The van der Waals surface area contributed by atoms with Crippen molar-refractivity contribution >= 4 is 35.5 Å². The number of nitrogens with one attached hydrogen (secondary N) is 1. The number of rotatable bonds is 18. The number of carboxylic acid groups (broad SMARTS) is 5. The van der Waals surface area contributed by atoms with Crippen molar-refractivity contribution < 1.29 is 49.5 Å². The summed E-state index contributed by atoms with van der Waals surface area (Å²) in [6.45, 7) is 3.23. The molecule has 0 bridgehead atoms. The Hall–Kier alpha value is -3.75. The minimum absolute atomic E-state index is 0.0377. The molecular formula is C29H44N4O10. The number of nitrogens with zero attached hydrogens (tertiary/aromatic N) is 3. The predicted octanol–water partition coefficient (Wildman–Crippen LogP) is 1.45. The Morgan fingerprint density at radius 3 is 1.56 bits per heavy atom. The first-order chi connectivity index (χ1) is 20.0. The van der Waals surface area contributed by atoms with E-state index in [9.17, 15) is 49.5 Å². The lowest BCUT2D eigenvalue weighted by Gasteiger charge is -2.45. The molecule has 0 spiro atoms. The van der Waals surface area contributed by atoms with Crippen molar-refractivity contribution in [2.24, 2.45) is 0 Å². The topological polar surface area (TPSA) is 208 Å². The van der Waals surface area contributed by atoms with Crippen LogP contribution in [0.1, 0.15) is 52.0 Å². The van der Waals surface area contributed by atoms with E-state index in [-0.39, 0.29) is 18.5 Å². The first-order valence-corrected chi connectivity index (χ1v) is 14.2. The smallest absolute Gasteiger partial charge is 0.317 e. The van der Waals surface area contributed by atoms with Crippen molar-refractivity contribution in [1.82, 2.24) is 14.7 Å². The molecule has 0 radical (unpaired) electrons. The molecule has 240 valence electrons.